The number of hydrogen-bond acceptors (Lipinski definition) is 5. The minimum absolute atomic E-state index is 0.147. The number of carboxylic acid groups (broad SMARTS) is 1. The fourth-order valence-electron chi connectivity index (χ4n) is 2.77. The van der Waals surface area contributed by atoms with Crippen LogP contribution < -0.4 is 5.73 Å². The summed E-state index contributed by atoms with van der Waals surface area (Å²) in [5.41, 5.74) is 4.88. The highest BCUT2D eigenvalue weighted by atomic mass is 32.2. The first kappa shape index (κ1) is 15.6. The van der Waals surface area contributed by atoms with Crippen molar-refractivity contribution < 1.29 is 24.0 Å². The van der Waals surface area contributed by atoms with E-state index in [9.17, 15) is 24.0 Å². The van der Waals surface area contributed by atoms with Crippen LogP contribution >= 0.6 is 0 Å². The first-order valence-electron chi connectivity index (χ1n) is 6.46. The van der Waals surface area contributed by atoms with Crippen LogP contribution in [0, 0.1) is 5.92 Å². The fraction of sp³-hybridized carbons (Fsp3) is 0.583. The number of carbonyl (C=O) groups is 2. The third kappa shape index (κ3) is 2.58. The van der Waals surface area contributed by atoms with E-state index in [-0.39, 0.29) is 29.3 Å². The maximum atomic E-state index is 12.2. The van der Waals surface area contributed by atoms with Crippen LogP contribution in [0.1, 0.15) is 13.3 Å². The fourth-order valence-corrected chi connectivity index (χ4v) is 4.04. The topological polar surface area (TPSA) is 133 Å². The van der Waals surface area contributed by atoms with Gasteiger partial charge in [-0.05, 0) is 6.92 Å². The van der Waals surface area contributed by atoms with Crippen molar-refractivity contribution in [2.24, 2.45) is 16.6 Å². The Morgan fingerprint density at radius 1 is 1.67 bits per heavy atom. The number of fused-ring (bicyclic) bond motifs is 1. The molecule has 0 aromatic rings. The molecule has 2 rings (SSSR count). The molecule has 1 fully saturated rings. The van der Waals surface area contributed by atoms with Crippen molar-refractivity contribution in [2.45, 2.75) is 25.5 Å². The molecule has 0 aromatic carbocycles. The molecule has 4 atom stereocenters. The van der Waals surface area contributed by atoms with Crippen molar-refractivity contribution in [2.75, 3.05) is 12.3 Å². The van der Waals surface area contributed by atoms with Gasteiger partial charge in [0.05, 0.1) is 41.7 Å². The summed E-state index contributed by atoms with van der Waals surface area (Å²) in [4.78, 5) is 28.4. The number of amides is 1. The highest BCUT2D eigenvalue weighted by molar-refractivity contribution is 7.89. The van der Waals surface area contributed by atoms with Gasteiger partial charge < -0.3 is 20.8 Å². The zero-order chi connectivity index (χ0) is 15.7. The number of aliphatic imine (C=N–C) groups is 1. The Kier molecular flexibility index (Phi) is 4.43. The lowest BCUT2D eigenvalue weighted by Crippen LogP contribution is -2.61. The zero-order valence-electron chi connectivity index (χ0n) is 11.4. The number of carboxylic acids is 1. The summed E-state index contributed by atoms with van der Waals surface area (Å²) < 4.78 is 12.2. The number of nitrogens with two attached hydrogens (primary N) is 1. The number of aliphatic hydroxyl groups is 1. The van der Waals surface area contributed by atoms with Gasteiger partial charge in [0.2, 0.25) is 5.91 Å². The van der Waals surface area contributed by atoms with Crippen LogP contribution in [0.2, 0.25) is 0 Å². The first-order valence-corrected chi connectivity index (χ1v) is 7.78. The van der Waals surface area contributed by atoms with E-state index in [1.54, 1.807) is 0 Å². The summed E-state index contributed by atoms with van der Waals surface area (Å²) in [6.07, 6.45) is 0.448. The number of aliphatic hydroxyl groups excluding tert-OH is 1. The molecule has 2 aliphatic heterocycles. The molecule has 9 heteroatoms. The standard InChI is InChI=1S/C12H17N3O5S/c1-6(16)9-7-4-8(21(20)3-2-14-5-13)10(12(18)19)15(7)11(9)17/h5-7,9,16H,2-4H2,1H3,(H2,13,14)(H,18,19). The lowest BCUT2D eigenvalue weighted by molar-refractivity contribution is -0.161. The van der Waals surface area contributed by atoms with E-state index in [0.717, 1.165) is 11.2 Å². The number of β-lactam (4-membered cyclic amide) rings is 1. The highest BCUT2D eigenvalue weighted by Gasteiger charge is 2.57. The van der Waals surface area contributed by atoms with Crippen molar-refractivity contribution in [3.05, 3.63) is 10.6 Å². The lowest BCUT2D eigenvalue weighted by atomic mass is 9.83. The molecular weight excluding hydrogens is 298 g/mol. The maximum Gasteiger partial charge on any atom is 0.353 e. The lowest BCUT2D eigenvalue weighted by Gasteiger charge is -2.44. The van der Waals surface area contributed by atoms with Gasteiger partial charge >= 0.3 is 5.97 Å². The molecule has 0 spiro atoms. The third-order valence-corrected chi connectivity index (χ3v) is 5.14. The van der Waals surface area contributed by atoms with Crippen LogP contribution in [-0.2, 0) is 20.4 Å². The van der Waals surface area contributed by atoms with Crippen LogP contribution in [0.3, 0.4) is 0 Å². The summed E-state index contributed by atoms with van der Waals surface area (Å²) in [6, 6.07) is -0.416. The molecule has 4 N–H and O–H groups in total. The normalized spacial score (nSPS) is 27.7. The first-order chi connectivity index (χ1) is 9.90. The second-order valence-electron chi connectivity index (χ2n) is 4.93. The summed E-state index contributed by atoms with van der Waals surface area (Å²) in [5, 5.41) is 18.9. The van der Waals surface area contributed by atoms with Gasteiger partial charge in [-0.2, -0.15) is 0 Å². The Labute approximate surface area is 123 Å². The van der Waals surface area contributed by atoms with E-state index >= 15 is 0 Å². The van der Waals surface area contributed by atoms with E-state index in [2.05, 4.69) is 4.99 Å². The third-order valence-electron chi connectivity index (χ3n) is 3.68. The minimum Gasteiger partial charge on any atom is -0.477 e. The minimum atomic E-state index is -1.54. The van der Waals surface area contributed by atoms with Crippen LogP contribution in [0.5, 0.6) is 0 Å². The second-order valence-corrected chi connectivity index (χ2v) is 6.52. The Bertz CT molecular complexity index is 557. The van der Waals surface area contributed by atoms with Crippen LogP contribution in [0.4, 0.5) is 0 Å². The quantitative estimate of drug-likeness (QED) is 0.314. The van der Waals surface area contributed by atoms with Gasteiger partial charge in [-0.25, -0.2) is 4.79 Å². The van der Waals surface area contributed by atoms with Crippen molar-refractivity contribution in [1.29, 1.82) is 0 Å². The van der Waals surface area contributed by atoms with Crippen LogP contribution in [0.25, 0.3) is 0 Å². The predicted octanol–water partition coefficient (Wildman–Crippen LogP) is -1.37. The van der Waals surface area contributed by atoms with Gasteiger partial charge in [-0.3, -0.25) is 14.0 Å². The molecule has 0 bridgehead atoms. The average molecular weight is 315 g/mol. The number of carbonyl (C=O) groups excluding carboxylic acids is 1. The van der Waals surface area contributed by atoms with Crippen molar-refractivity contribution in [3.8, 4) is 0 Å². The predicted molar refractivity (Wildman–Crippen MR) is 75.6 cm³/mol. The van der Waals surface area contributed by atoms with Gasteiger partial charge in [-0.1, -0.05) is 0 Å². The van der Waals surface area contributed by atoms with E-state index in [0.29, 0.717) is 0 Å². The SMILES string of the molecule is CC(O)C1C(=O)N2C(C(=O)O)=C(S(=O)CCN=CN)CC12. The van der Waals surface area contributed by atoms with Crippen molar-refractivity contribution >= 4 is 29.0 Å². The molecule has 116 valence electrons. The number of nitrogens with zero attached hydrogens (tertiary/aromatic N) is 2. The molecule has 0 radical (unpaired) electrons. The molecule has 0 saturated carbocycles. The zero-order valence-corrected chi connectivity index (χ0v) is 12.2. The Balaban J connectivity index is 2.22. The van der Waals surface area contributed by atoms with E-state index in [1.807, 2.05) is 0 Å². The van der Waals surface area contributed by atoms with Gasteiger partial charge in [0, 0.05) is 17.1 Å². The Hall–Kier alpha value is -1.74. The van der Waals surface area contributed by atoms with Gasteiger partial charge in [0.25, 0.3) is 0 Å². The molecule has 0 aliphatic carbocycles. The number of aliphatic carboxylic acids is 1. The van der Waals surface area contributed by atoms with Gasteiger partial charge in [-0.15, -0.1) is 0 Å². The Morgan fingerprint density at radius 3 is 2.86 bits per heavy atom. The smallest absolute Gasteiger partial charge is 0.353 e. The molecule has 2 aliphatic rings. The van der Waals surface area contributed by atoms with Crippen molar-refractivity contribution in [3.63, 3.8) is 0 Å². The van der Waals surface area contributed by atoms with Gasteiger partial charge in [0.15, 0.2) is 0 Å². The molecule has 21 heavy (non-hydrogen) atoms. The molecular formula is C12H17N3O5S. The number of hydrogen-bond donors (Lipinski definition) is 3. The van der Waals surface area contributed by atoms with E-state index < -0.39 is 40.7 Å². The van der Waals surface area contributed by atoms with Crippen LogP contribution in [-0.4, -0.2) is 62.0 Å². The summed E-state index contributed by atoms with van der Waals surface area (Å²) >= 11 is 0. The van der Waals surface area contributed by atoms with E-state index in [4.69, 9.17) is 5.73 Å². The Morgan fingerprint density at radius 2 is 2.33 bits per heavy atom. The van der Waals surface area contributed by atoms with Crippen molar-refractivity contribution in [1.82, 2.24) is 4.90 Å². The highest BCUT2D eigenvalue weighted by Crippen LogP contribution is 2.44. The molecule has 1 amide bonds. The number of rotatable bonds is 6. The van der Waals surface area contributed by atoms with Gasteiger partial charge in [0.1, 0.15) is 5.70 Å². The van der Waals surface area contributed by atoms with E-state index in [1.165, 1.54) is 6.92 Å². The molecule has 0 aromatic heterocycles. The second kappa shape index (κ2) is 5.94. The molecule has 1 saturated heterocycles. The average Bonchev–Trinajstić information content (AvgIpc) is 2.73. The summed E-state index contributed by atoms with van der Waals surface area (Å²) in [7, 11) is -1.54. The summed E-state index contributed by atoms with van der Waals surface area (Å²) in [6.45, 7) is 1.71. The monoisotopic (exact) mass is 315 g/mol. The molecule has 4 unspecified atom stereocenters. The molecule has 2 heterocycles. The largest absolute Gasteiger partial charge is 0.477 e. The molecule has 8 nitrogen and oxygen atoms in total. The summed E-state index contributed by atoms with van der Waals surface area (Å²) in [5.74, 6) is -2.19. The van der Waals surface area contributed by atoms with Crippen LogP contribution in [0.15, 0.2) is 15.6 Å². The maximum absolute atomic E-state index is 12.2.